The van der Waals surface area contributed by atoms with E-state index in [2.05, 4.69) is 21.2 Å². The van der Waals surface area contributed by atoms with Crippen molar-refractivity contribution in [2.75, 3.05) is 11.1 Å². The van der Waals surface area contributed by atoms with Crippen LogP contribution in [0.2, 0.25) is 0 Å². The lowest BCUT2D eigenvalue weighted by atomic mass is 10.0. The van der Waals surface area contributed by atoms with Crippen molar-refractivity contribution in [1.29, 1.82) is 0 Å². The molecule has 0 unspecified atom stereocenters. The highest BCUT2D eigenvalue weighted by molar-refractivity contribution is 9.10. The van der Waals surface area contributed by atoms with E-state index >= 15 is 0 Å². The fraction of sp³-hybridized carbons (Fsp3) is 0.348. The maximum Gasteiger partial charge on any atom is 0.234 e. The van der Waals surface area contributed by atoms with Crippen LogP contribution in [0.5, 0.6) is 0 Å². The van der Waals surface area contributed by atoms with Crippen LogP contribution >= 0.6 is 27.7 Å². The second-order valence-corrected chi connectivity index (χ2v) is 9.50. The second kappa shape index (κ2) is 9.43. The topological polar surface area (TPSA) is 53.8 Å². The summed E-state index contributed by atoms with van der Waals surface area (Å²) in [6.07, 6.45) is 6.62. The Morgan fingerprint density at radius 3 is 2.33 bits per heavy atom. The standard InChI is InChI=1S/C23H23BrFN3OS/c24-17-7-5-16(6-8-17)21-22(28-23(27-21)13-3-1-2-4-14-23)30-15-20(29)26-19-11-9-18(25)10-12-19/h5-12H,1-4,13-15H2,(H,26,29). The van der Waals surface area contributed by atoms with Gasteiger partial charge in [0.25, 0.3) is 0 Å². The maximum absolute atomic E-state index is 13.1. The van der Waals surface area contributed by atoms with E-state index in [9.17, 15) is 9.18 Å². The Morgan fingerprint density at radius 2 is 1.67 bits per heavy atom. The highest BCUT2D eigenvalue weighted by Gasteiger charge is 2.37. The molecule has 1 amide bonds. The first kappa shape index (κ1) is 21.2. The number of carbonyl (C=O) groups is 1. The number of thioether (sulfide) groups is 1. The molecule has 0 aromatic heterocycles. The van der Waals surface area contributed by atoms with Crippen molar-refractivity contribution in [2.24, 2.45) is 9.98 Å². The van der Waals surface area contributed by atoms with Gasteiger partial charge in [0.1, 0.15) is 10.9 Å². The number of benzene rings is 2. The Balaban J connectivity index is 1.51. The molecule has 1 spiro atoms. The predicted molar refractivity (Wildman–Crippen MR) is 126 cm³/mol. The number of hydrogen-bond acceptors (Lipinski definition) is 4. The third-order valence-electron chi connectivity index (χ3n) is 5.32. The molecule has 0 bridgehead atoms. The Hall–Kier alpha value is -1.99. The summed E-state index contributed by atoms with van der Waals surface area (Å²) >= 11 is 4.90. The van der Waals surface area contributed by atoms with Crippen LogP contribution in [0.15, 0.2) is 63.0 Å². The van der Waals surface area contributed by atoms with Gasteiger partial charge in [-0.25, -0.2) is 9.38 Å². The predicted octanol–water partition coefficient (Wildman–Crippen LogP) is 6.21. The average Bonchev–Trinajstić information content (AvgIpc) is 2.93. The van der Waals surface area contributed by atoms with Crippen LogP contribution in [0, 0.1) is 5.82 Å². The van der Waals surface area contributed by atoms with Crippen molar-refractivity contribution in [3.05, 3.63) is 64.4 Å². The molecule has 156 valence electrons. The highest BCUT2D eigenvalue weighted by atomic mass is 79.9. The minimum atomic E-state index is -0.380. The van der Waals surface area contributed by atoms with Crippen LogP contribution in [-0.2, 0) is 4.79 Å². The third-order valence-corrected chi connectivity index (χ3v) is 6.82. The average molecular weight is 488 g/mol. The van der Waals surface area contributed by atoms with Gasteiger partial charge in [0, 0.05) is 15.7 Å². The third kappa shape index (κ3) is 5.19. The summed E-state index contributed by atoms with van der Waals surface area (Å²) in [5.41, 5.74) is 2.10. The van der Waals surface area contributed by atoms with Crippen LogP contribution in [0.1, 0.15) is 44.1 Å². The molecular weight excluding hydrogens is 465 g/mol. The van der Waals surface area contributed by atoms with E-state index in [0.717, 1.165) is 46.5 Å². The highest BCUT2D eigenvalue weighted by Crippen LogP contribution is 2.38. The number of carbonyl (C=O) groups excluding carboxylic acids is 1. The van der Waals surface area contributed by atoms with Gasteiger partial charge in [-0.05, 0) is 62.1 Å². The van der Waals surface area contributed by atoms with E-state index in [4.69, 9.17) is 9.98 Å². The zero-order chi connectivity index (χ0) is 21.0. The van der Waals surface area contributed by atoms with Crippen LogP contribution < -0.4 is 5.32 Å². The fourth-order valence-electron chi connectivity index (χ4n) is 3.80. The van der Waals surface area contributed by atoms with Gasteiger partial charge in [-0.1, -0.05) is 52.7 Å². The van der Waals surface area contributed by atoms with Gasteiger partial charge in [0.15, 0.2) is 5.66 Å². The van der Waals surface area contributed by atoms with Crippen LogP contribution in [0.4, 0.5) is 10.1 Å². The second-order valence-electron chi connectivity index (χ2n) is 7.62. The number of aliphatic imine (C=N–C) groups is 2. The van der Waals surface area contributed by atoms with Crippen molar-refractivity contribution in [1.82, 2.24) is 0 Å². The molecule has 0 saturated heterocycles. The first-order valence-electron chi connectivity index (χ1n) is 10.2. The van der Waals surface area contributed by atoms with E-state index in [1.54, 1.807) is 12.1 Å². The zero-order valence-electron chi connectivity index (χ0n) is 16.5. The number of halogens is 2. The molecule has 1 saturated carbocycles. The number of hydrogen-bond donors (Lipinski definition) is 1. The van der Waals surface area contributed by atoms with Gasteiger partial charge < -0.3 is 5.32 Å². The summed E-state index contributed by atoms with van der Waals surface area (Å²) in [5, 5.41) is 3.64. The molecule has 2 aromatic rings. The van der Waals surface area contributed by atoms with Gasteiger partial charge in [-0.2, -0.15) is 0 Å². The molecule has 30 heavy (non-hydrogen) atoms. The van der Waals surface area contributed by atoms with Crippen molar-refractivity contribution < 1.29 is 9.18 Å². The molecule has 0 atom stereocenters. The Morgan fingerprint density at radius 1 is 1.00 bits per heavy atom. The number of nitrogens with zero attached hydrogens (tertiary/aromatic N) is 2. The Labute approximate surface area is 188 Å². The fourth-order valence-corrected chi connectivity index (χ4v) is 4.94. The number of nitrogens with one attached hydrogen (secondary N) is 1. The first-order valence-corrected chi connectivity index (χ1v) is 12.0. The minimum Gasteiger partial charge on any atom is -0.325 e. The number of rotatable bonds is 4. The van der Waals surface area contributed by atoms with E-state index in [1.807, 2.05) is 24.3 Å². The number of anilines is 1. The molecule has 1 fully saturated rings. The number of amides is 1. The summed E-state index contributed by atoms with van der Waals surface area (Å²) < 4.78 is 14.1. The van der Waals surface area contributed by atoms with Crippen molar-refractivity contribution >= 4 is 50.0 Å². The molecule has 2 aliphatic rings. The molecule has 1 N–H and O–H groups in total. The lowest BCUT2D eigenvalue weighted by Crippen LogP contribution is -2.20. The van der Waals surface area contributed by atoms with E-state index in [-0.39, 0.29) is 23.1 Å². The van der Waals surface area contributed by atoms with Gasteiger partial charge >= 0.3 is 0 Å². The van der Waals surface area contributed by atoms with Gasteiger partial charge in [0.2, 0.25) is 5.91 Å². The lowest BCUT2D eigenvalue weighted by Gasteiger charge is -2.20. The largest absolute Gasteiger partial charge is 0.325 e. The molecule has 0 radical (unpaired) electrons. The molecule has 7 heteroatoms. The van der Waals surface area contributed by atoms with Gasteiger partial charge in [-0.3, -0.25) is 9.79 Å². The molecule has 1 aliphatic heterocycles. The maximum atomic E-state index is 13.1. The molecular formula is C23H23BrFN3OS. The van der Waals surface area contributed by atoms with E-state index in [1.165, 1.54) is 36.7 Å². The lowest BCUT2D eigenvalue weighted by molar-refractivity contribution is -0.113. The molecule has 4 nitrogen and oxygen atoms in total. The summed E-state index contributed by atoms with van der Waals surface area (Å²) in [6.45, 7) is 0. The smallest absolute Gasteiger partial charge is 0.234 e. The molecule has 4 rings (SSSR count). The first-order chi connectivity index (χ1) is 14.5. The van der Waals surface area contributed by atoms with Crippen LogP contribution in [-0.4, -0.2) is 28.1 Å². The monoisotopic (exact) mass is 487 g/mol. The SMILES string of the molecule is O=C(CSC1=NC2(CCCCCC2)N=C1c1ccc(Br)cc1)Nc1ccc(F)cc1. The van der Waals surface area contributed by atoms with Crippen molar-refractivity contribution in [3.8, 4) is 0 Å². The molecule has 2 aromatic carbocycles. The minimum absolute atomic E-state index is 0.147. The Kier molecular flexibility index (Phi) is 6.68. The van der Waals surface area contributed by atoms with Gasteiger partial charge in [-0.15, -0.1) is 0 Å². The zero-order valence-corrected chi connectivity index (χ0v) is 18.9. The summed E-state index contributed by atoms with van der Waals surface area (Å²) in [4.78, 5) is 22.6. The molecule has 1 heterocycles. The van der Waals surface area contributed by atoms with Crippen molar-refractivity contribution in [2.45, 2.75) is 44.2 Å². The quantitative estimate of drug-likeness (QED) is 0.556. The van der Waals surface area contributed by atoms with Crippen molar-refractivity contribution in [3.63, 3.8) is 0 Å². The summed E-state index contributed by atoms with van der Waals surface area (Å²) in [6, 6.07) is 13.8. The summed E-state index contributed by atoms with van der Waals surface area (Å²) in [5.74, 6) is -0.250. The Bertz CT molecular complexity index is 965. The normalized spacial score (nSPS) is 17.9. The van der Waals surface area contributed by atoms with Crippen LogP contribution in [0.3, 0.4) is 0 Å². The van der Waals surface area contributed by atoms with E-state index in [0.29, 0.717) is 5.69 Å². The molecule has 1 aliphatic carbocycles. The summed E-state index contributed by atoms with van der Waals surface area (Å²) in [7, 11) is 0. The van der Waals surface area contributed by atoms with Gasteiger partial charge in [0.05, 0.1) is 11.5 Å². The van der Waals surface area contributed by atoms with Crippen LogP contribution in [0.25, 0.3) is 0 Å². The van der Waals surface area contributed by atoms with E-state index < -0.39 is 0 Å².